The van der Waals surface area contributed by atoms with Crippen molar-refractivity contribution in [1.29, 1.82) is 0 Å². The van der Waals surface area contributed by atoms with E-state index in [9.17, 15) is 4.79 Å². The molecule has 0 aliphatic carbocycles. The van der Waals surface area contributed by atoms with Crippen molar-refractivity contribution in [2.45, 2.75) is 18.8 Å². The first-order chi connectivity index (χ1) is 14.6. The lowest BCUT2D eigenvalue weighted by Crippen LogP contribution is -2.37. The number of nitrogens with zero attached hydrogens (tertiary/aromatic N) is 4. The molecule has 2 aromatic heterocycles. The zero-order chi connectivity index (χ0) is 20.9. The SMILES string of the molecule is CN(C)C/C=C/C(=O)N1CCC(c2cc3ccccc3c(Nc3nccs3)n2)CC1. The van der Waals surface area contributed by atoms with Gasteiger partial charge in [0.1, 0.15) is 5.82 Å². The molecule has 1 aliphatic rings. The molecular formula is C23H27N5OS. The zero-order valence-corrected chi connectivity index (χ0v) is 18.2. The van der Waals surface area contributed by atoms with Gasteiger partial charge in [-0.1, -0.05) is 30.3 Å². The molecule has 6 nitrogen and oxygen atoms in total. The average molecular weight is 422 g/mol. The number of piperidine rings is 1. The summed E-state index contributed by atoms with van der Waals surface area (Å²) in [6.07, 6.45) is 7.27. The van der Waals surface area contributed by atoms with Crippen LogP contribution in [0.4, 0.5) is 10.9 Å². The molecule has 0 unspecified atom stereocenters. The molecule has 3 aromatic rings. The van der Waals surface area contributed by atoms with Gasteiger partial charge < -0.3 is 15.1 Å². The minimum atomic E-state index is 0.105. The Balaban J connectivity index is 1.49. The summed E-state index contributed by atoms with van der Waals surface area (Å²) in [5, 5.41) is 8.44. The molecule has 1 N–H and O–H groups in total. The summed E-state index contributed by atoms with van der Waals surface area (Å²) in [7, 11) is 3.99. The van der Waals surface area contributed by atoms with Gasteiger partial charge >= 0.3 is 0 Å². The highest BCUT2D eigenvalue weighted by atomic mass is 32.1. The van der Waals surface area contributed by atoms with Gasteiger partial charge in [0, 0.05) is 54.3 Å². The number of anilines is 2. The molecule has 0 radical (unpaired) electrons. The topological polar surface area (TPSA) is 61.4 Å². The quantitative estimate of drug-likeness (QED) is 0.603. The highest BCUT2D eigenvalue weighted by molar-refractivity contribution is 7.13. The van der Waals surface area contributed by atoms with E-state index in [2.05, 4.69) is 34.6 Å². The van der Waals surface area contributed by atoms with Gasteiger partial charge in [-0.15, -0.1) is 11.3 Å². The molecule has 156 valence electrons. The molecule has 7 heteroatoms. The Hall–Kier alpha value is -2.77. The van der Waals surface area contributed by atoms with Crippen molar-refractivity contribution in [3.05, 3.63) is 59.8 Å². The number of likely N-dealkylation sites (tertiary alicyclic amines) is 1. The number of hydrogen-bond donors (Lipinski definition) is 1. The molecule has 1 aromatic carbocycles. The summed E-state index contributed by atoms with van der Waals surface area (Å²) in [5.74, 6) is 1.30. The van der Waals surface area contributed by atoms with E-state index >= 15 is 0 Å². The standard InChI is InChI=1S/C23H27N5OS/c1-27(2)12-5-8-21(29)28-13-9-17(10-14-28)20-16-18-6-3-4-7-19(18)22(25-20)26-23-24-11-15-30-23/h3-8,11,15-17H,9-10,12-14H2,1-2H3,(H,24,25,26)/b8-5+. The van der Waals surface area contributed by atoms with Crippen LogP contribution in [0.25, 0.3) is 10.8 Å². The average Bonchev–Trinajstić information content (AvgIpc) is 3.26. The predicted molar refractivity (Wildman–Crippen MR) is 123 cm³/mol. The van der Waals surface area contributed by atoms with Crippen LogP contribution in [-0.2, 0) is 4.79 Å². The molecule has 1 saturated heterocycles. The van der Waals surface area contributed by atoms with E-state index in [1.54, 1.807) is 23.6 Å². The molecule has 1 amide bonds. The molecule has 3 heterocycles. The lowest BCUT2D eigenvalue weighted by Gasteiger charge is -2.31. The summed E-state index contributed by atoms with van der Waals surface area (Å²) < 4.78 is 0. The van der Waals surface area contributed by atoms with Crippen LogP contribution in [0.5, 0.6) is 0 Å². The maximum atomic E-state index is 12.4. The largest absolute Gasteiger partial charge is 0.339 e. The number of pyridine rings is 1. The maximum absolute atomic E-state index is 12.4. The molecule has 1 aliphatic heterocycles. The van der Waals surface area contributed by atoms with E-state index in [4.69, 9.17) is 4.98 Å². The molecule has 0 atom stereocenters. The fourth-order valence-corrected chi connectivity index (χ4v) is 4.30. The van der Waals surface area contributed by atoms with Crippen LogP contribution in [0.3, 0.4) is 0 Å². The molecular weight excluding hydrogens is 394 g/mol. The second-order valence-electron chi connectivity index (χ2n) is 7.84. The number of hydrogen-bond acceptors (Lipinski definition) is 6. The van der Waals surface area contributed by atoms with Gasteiger partial charge in [-0.25, -0.2) is 9.97 Å². The van der Waals surface area contributed by atoms with E-state index in [0.29, 0.717) is 5.92 Å². The number of benzene rings is 1. The number of rotatable bonds is 6. The first-order valence-electron chi connectivity index (χ1n) is 10.3. The number of carbonyl (C=O) groups is 1. The Kier molecular flexibility index (Phi) is 6.40. The van der Waals surface area contributed by atoms with Gasteiger partial charge in [-0.3, -0.25) is 4.79 Å². The van der Waals surface area contributed by atoms with E-state index < -0.39 is 0 Å². The Morgan fingerprint density at radius 3 is 2.83 bits per heavy atom. The summed E-state index contributed by atoms with van der Waals surface area (Å²) in [5.41, 5.74) is 1.09. The first kappa shape index (κ1) is 20.5. The Bertz CT molecular complexity index is 1020. The van der Waals surface area contributed by atoms with Crippen LogP contribution >= 0.6 is 11.3 Å². The van der Waals surface area contributed by atoms with E-state index in [1.165, 1.54) is 5.39 Å². The number of carbonyl (C=O) groups excluding carboxylic acids is 1. The summed E-state index contributed by atoms with van der Waals surface area (Å²) in [6.45, 7) is 2.30. The van der Waals surface area contributed by atoms with Crippen molar-refractivity contribution in [3.8, 4) is 0 Å². The fourth-order valence-electron chi connectivity index (χ4n) is 3.78. The number of amides is 1. The molecule has 0 saturated carbocycles. The third-order valence-electron chi connectivity index (χ3n) is 5.37. The molecule has 30 heavy (non-hydrogen) atoms. The number of nitrogens with one attached hydrogen (secondary N) is 1. The lowest BCUT2D eigenvalue weighted by atomic mass is 9.92. The van der Waals surface area contributed by atoms with Gasteiger partial charge in [0.25, 0.3) is 0 Å². The Morgan fingerprint density at radius 2 is 2.10 bits per heavy atom. The Morgan fingerprint density at radius 1 is 1.30 bits per heavy atom. The second kappa shape index (κ2) is 9.36. The van der Waals surface area contributed by atoms with Crippen LogP contribution in [0.15, 0.2) is 54.1 Å². The fraction of sp³-hybridized carbons (Fsp3) is 0.348. The number of thiazole rings is 1. The maximum Gasteiger partial charge on any atom is 0.246 e. The number of fused-ring (bicyclic) bond motifs is 1. The summed E-state index contributed by atoms with van der Waals surface area (Å²) >= 11 is 1.56. The third-order valence-corrected chi connectivity index (χ3v) is 6.06. The monoisotopic (exact) mass is 421 g/mol. The minimum Gasteiger partial charge on any atom is -0.339 e. The van der Waals surface area contributed by atoms with Crippen LogP contribution in [0.1, 0.15) is 24.5 Å². The zero-order valence-electron chi connectivity index (χ0n) is 17.4. The lowest BCUT2D eigenvalue weighted by molar-refractivity contribution is -0.127. The molecule has 0 spiro atoms. The van der Waals surface area contributed by atoms with Crippen LogP contribution in [0.2, 0.25) is 0 Å². The van der Waals surface area contributed by atoms with E-state index in [1.807, 2.05) is 41.4 Å². The van der Waals surface area contributed by atoms with Gasteiger partial charge in [0.2, 0.25) is 5.91 Å². The highest BCUT2D eigenvalue weighted by Crippen LogP contribution is 2.33. The first-order valence-corrected chi connectivity index (χ1v) is 11.1. The van der Waals surface area contributed by atoms with E-state index in [0.717, 1.165) is 54.5 Å². The normalized spacial score (nSPS) is 15.4. The van der Waals surface area contributed by atoms with Gasteiger partial charge in [0.15, 0.2) is 5.13 Å². The second-order valence-corrected chi connectivity index (χ2v) is 8.74. The van der Waals surface area contributed by atoms with Crippen molar-refractivity contribution >= 4 is 39.0 Å². The van der Waals surface area contributed by atoms with Gasteiger partial charge in [-0.2, -0.15) is 0 Å². The summed E-state index contributed by atoms with van der Waals surface area (Å²) in [6, 6.07) is 10.5. The van der Waals surface area contributed by atoms with Crippen molar-refractivity contribution < 1.29 is 4.79 Å². The molecule has 0 bridgehead atoms. The van der Waals surface area contributed by atoms with Crippen LogP contribution in [0, 0.1) is 0 Å². The van der Waals surface area contributed by atoms with Crippen LogP contribution in [-0.4, -0.2) is 59.4 Å². The molecule has 4 rings (SSSR count). The van der Waals surface area contributed by atoms with Crippen molar-refractivity contribution in [1.82, 2.24) is 19.8 Å². The van der Waals surface area contributed by atoms with Crippen molar-refractivity contribution in [2.75, 3.05) is 39.0 Å². The highest BCUT2D eigenvalue weighted by Gasteiger charge is 2.24. The van der Waals surface area contributed by atoms with Crippen molar-refractivity contribution in [3.63, 3.8) is 0 Å². The molecule has 1 fully saturated rings. The number of aromatic nitrogens is 2. The Labute approximate surface area is 181 Å². The number of likely N-dealkylation sites (N-methyl/N-ethyl adjacent to an activating group) is 1. The smallest absolute Gasteiger partial charge is 0.246 e. The predicted octanol–water partition coefficient (Wildman–Crippen LogP) is 4.26. The van der Waals surface area contributed by atoms with E-state index in [-0.39, 0.29) is 5.91 Å². The van der Waals surface area contributed by atoms with Crippen molar-refractivity contribution in [2.24, 2.45) is 0 Å². The summed E-state index contributed by atoms with van der Waals surface area (Å²) in [4.78, 5) is 25.7. The van der Waals surface area contributed by atoms with Crippen LogP contribution < -0.4 is 5.32 Å². The minimum absolute atomic E-state index is 0.105. The van der Waals surface area contributed by atoms with Gasteiger partial charge in [-0.05, 0) is 38.4 Å². The third kappa shape index (κ3) is 4.86. The van der Waals surface area contributed by atoms with Gasteiger partial charge in [0.05, 0.1) is 0 Å².